The van der Waals surface area contributed by atoms with Crippen LogP contribution in [0.3, 0.4) is 0 Å². The lowest BCUT2D eigenvalue weighted by Crippen LogP contribution is -2.08. The zero-order valence-electron chi connectivity index (χ0n) is 10.9. The maximum absolute atomic E-state index is 11.7. The van der Waals surface area contributed by atoms with Gasteiger partial charge in [0.2, 0.25) is 0 Å². The van der Waals surface area contributed by atoms with Crippen LogP contribution in [0.15, 0.2) is 48.5 Å². The van der Waals surface area contributed by atoms with E-state index in [-0.39, 0.29) is 12.4 Å². The smallest absolute Gasteiger partial charge is 0.310 e. The Morgan fingerprint density at radius 3 is 2.21 bits per heavy atom. The minimum atomic E-state index is -0.231. The summed E-state index contributed by atoms with van der Waals surface area (Å²) in [4.78, 5) is 11.7. The summed E-state index contributed by atoms with van der Waals surface area (Å²) >= 11 is 0. The molecule has 2 aromatic carbocycles. The van der Waals surface area contributed by atoms with Crippen molar-refractivity contribution >= 4 is 11.7 Å². The zero-order chi connectivity index (χ0) is 13.7. The molecule has 0 aliphatic heterocycles. The Kier molecular flexibility index (Phi) is 4.18. The zero-order valence-corrected chi connectivity index (χ0v) is 10.9. The van der Waals surface area contributed by atoms with Crippen molar-refractivity contribution in [1.82, 2.24) is 0 Å². The SMILES string of the molecule is Cc1ccc(COC(=O)Cc2ccc(N)cc2)cc1. The molecule has 19 heavy (non-hydrogen) atoms. The minimum absolute atomic E-state index is 0.231. The summed E-state index contributed by atoms with van der Waals surface area (Å²) in [6.45, 7) is 2.34. The Morgan fingerprint density at radius 2 is 1.58 bits per heavy atom. The number of aryl methyl sites for hydroxylation is 1. The van der Waals surface area contributed by atoms with E-state index in [0.717, 1.165) is 11.1 Å². The third-order valence-corrected chi connectivity index (χ3v) is 2.85. The average Bonchev–Trinajstić information content (AvgIpc) is 2.41. The topological polar surface area (TPSA) is 52.3 Å². The normalized spacial score (nSPS) is 10.2. The monoisotopic (exact) mass is 255 g/mol. The van der Waals surface area contributed by atoms with Crippen molar-refractivity contribution in [2.75, 3.05) is 5.73 Å². The third-order valence-electron chi connectivity index (χ3n) is 2.85. The van der Waals surface area contributed by atoms with E-state index in [0.29, 0.717) is 12.3 Å². The van der Waals surface area contributed by atoms with Crippen molar-refractivity contribution in [3.63, 3.8) is 0 Å². The van der Waals surface area contributed by atoms with Crippen LogP contribution < -0.4 is 5.73 Å². The second-order valence-corrected chi connectivity index (χ2v) is 4.56. The summed E-state index contributed by atoms with van der Waals surface area (Å²) in [5, 5.41) is 0. The minimum Gasteiger partial charge on any atom is -0.461 e. The van der Waals surface area contributed by atoms with Crippen molar-refractivity contribution in [2.24, 2.45) is 0 Å². The molecule has 3 nitrogen and oxygen atoms in total. The highest BCUT2D eigenvalue weighted by atomic mass is 16.5. The van der Waals surface area contributed by atoms with Gasteiger partial charge in [-0.2, -0.15) is 0 Å². The molecule has 0 aliphatic rings. The van der Waals surface area contributed by atoms with Crippen LogP contribution in [0.25, 0.3) is 0 Å². The Balaban J connectivity index is 1.84. The lowest BCUT2D eigenvalue weighted by atomic mass is 10.1. The molecule has 0 bridgehead atoms. The number of benzene rings is 2. The highest BCUT2D eigenvalue weighted by Crippen LogP contribution is 2.08. The van der Waals surface area contributed by atoms with Crippen LogP contribution in [0.4, 0.5) is 5.69 Å². The number of rotatable bonds is 4. The summed E-state index contributed by atoms with van der Waals surface area (Å²) in [6, 6.07) is 15.2. The van der Waals surface area contributed by atoms with E-state index in [4.69, 9.17) is 10.5 Å². The van der Waals surface area contributed by atoms with Crippen molar-refractivity contribution in [3.8, 4) is 0 Å². The molecular formula is C16H17NO2. The molecule has 0 aliphatic carbocycles. The summed E-state index contributed by atoms with van der Waals surface area (Å²) < 4.78 is 5.23. The number of carbonyl (C=O) groups excluding carboxylic acids is 1. The Hall–Kier alpha value is -2.29. The Labute approximate surface area is 113 Å². The first kappa shape index (κ1) is 13.1. The molecule has 0 radical (unpaired) electrons. The van der Waals surface area contributed by atoms with Gasteiger partial charge in [-0.25, -0.2) is 0 Å². The Bertz CT molecular complexity index is 544. The summed E-state index contributed by atoms with van der Waals surface area (Å²) in [5.41, 5.74) is 9.37. The number of anilines is 1. The van der Waals surface area contributed by atoms with Crippen molar-refractivity contribution in [1.29, 1.82) is 0 Å². The fraction of sp³-hybridized carbons (Fsp3) is 0.188. The molecule has 0 saturated heterocycles. The predicted molar refractivity (Wildman–Crippen MR) is 75.5 cm³/mol. The van der Waals surface area contributed by atoms with Crippen molar-refractivity contribution in [3.05, 3.63) is 65.2 Å². The molecule has 2 aromatic rings. The molecule has 0 aromatic heterocycles. The molecule has 0 atom stereocenters. The first-order valence-corrected chi connectivity index (χ1v) is 6.19. The number of nitrogens with two attached hydrogens (primary N) is 1. The van der Waals surface area contributed by atoms with Crippen LogP contribution in [-0.4, -0.2) is 5.97 Å². The predicted octanol–water partition coefficient (Wildman–Crippen LogP) is 2.86. The van der Waals surface area contributed by atoms with E-state index in [1.807, 2.05) is 43.3 Å². The van der Waals surface area contributed by atoms with Gasteiger partial charge >= 0.3 is 5.97 Å². The first-order valence-electron chi connectivity index (χ1n) is 6.19. The molecule has 0 saturated carbocycles. The van der Waals surface area contributed by atoms with E-state index >= 15 is 0 Å². The summed E-state index contributed by atoms with van der Waals surface area (Å²) in [7, 11) is 0. The molecule has 0 unspecified atom stereocenters. The van der Waals surface area contributed by atoms with Crippen molar-refractivity contribution in [2.45, 2.75) is 20.0 Å². The number of esters is 1. The Morgan fingerprint density at radius 1 is 1.00 bits per heavy atom. The highest BCUT2D eigenvalue weighted by Gasteiger charge is 2.05. The van der Waals surface area contributed by atoms with Gasteiger partial charge in [-0.15, -0.1) is 0 Å². The van der Waals surface area contributed by atoms with Gasteiger partial charge in [0.15, 0.2) is 0 Å². The van der Waals surface area contributed by atoms with Crippen LogP contribution in [0.1, 0.15) is 16.7 Å². The molecule has 2 rings (SSSR count). The van der Waals surface area contributed by atoms with Crippen LogP contribution in [0.2, 0.25) is 0 Å². The molecule has 0 amide bonds. The maximum Gasteiger partial charge on any atom is 0.310 e. The molecule has 3 heteroatoms. The first-order chi connectivity index (χ1) is 9.13. The maximum atomic E-state index is 11.7. The van der Waals surface area contributed by atoms with Crippen LogP contribution in [0.5, 0.6) is 0 Å². The lowest BCUT2D eigenvalue weighted by molar-refractivity contribution is -0.144. The number of carbonyl (C=O) groups is 1. The number of ether oxygens (including phenoxy) is 1. The van der Waals surface area contributed by atoms with Crippen molar-refractivity contribution < 1.29 is 9.53 Å². The van der Waals surface area contributed by atoms with Crippen LogP contribution in [-0.2, 0) is 22.6 Å². The fourth-order valence-electron chi connectivity index (χ4n) is 1.70. The van der Waals surface area contributed by atoms with E-state index in [1.54, 1.807) is 12.1 Å². The van der Waals surface area contributed by atoms with Gasteiger partial charge in [0.05, 0.1) is 6.42 Å². The van der Waals surface area contributed by atoms with Gasteiger partial charge in [-0.3, -0.25) is 4.79 Å². The van der Waals surface area contributed by atoms with Gasteiger partial charge in [0.1, 0.15) is 6.61 Å². The quantitative estimate of drug-likeness (QED) is 0.675. The van der Waals surface area contributed by atoms with E-state index in [2.05, 4.69) is 0 Å². The number of hydrogen-bond donors (Lipinski definition) is 1. The van der Waals surface area contributed by atoms with Crippen LogP contribution in [0, 0.1) is 6.92 Å². The molecule has 0 heterocycles. The third kappa shape index (κ3) is 4.14. The van der Waals surface area contributed by atoms with Crippen LogP contribution >= 0.6 is 0 Å². The van der Waals surface area contributed by atoms with E-state index < -0.39 is 0 Å². The molecule has 98 valence electrons. The number of nitrogen functional groups attached to an aromatic ring is 1. The lowest BCUT2D eigenvalue weighted by Gasteiger charge is -2.05. The second-order valence-electron chi connectivity index (χ2n) is 4.56. The summed E-state index contributed by atoms with van der Waals surface area (Å²) in [6.07, 6.45) is 0.270. The molecule has 0 spiro atoms. The van der Waals surface area contributed by atoms with Gasteiger partial charge in [-0.05, 0) is 30.2 Å². The standard InChI is InChI=1S/C16H17NO2/c1-12-2-4-14(5-3-12)11-19-16(18)10-13-6-8-15(17)9-7-13/h2-9H,10-11,17H2,1H3. The summed E-state index contributed by atoms with van der Waals surface area (Å²) in [5.74, 6) is -0.231. The van der Waals surface area contributed by atoms with Gasteiger partial charge in [-0.1, -0.05) is 42.0 Å². The number of hydrogen-bond acceptors (Lipinski definition) is 3. The molecule has 2 N–H and O–H groups in total. The molecular weight excluding hydrogens is 238 g/mol. The van der Waals surface area contributed by atoms with Gasteiger partial charge in [0.25, 0.3) is 0 Å². The van der Waals surface area contributed by atoms with Gasteiger partial charge < -0.3 is 10.5 Å². The largest absolute Gasteiger partial charge is 0.461 e. The fourth-order valence-corrected chi connectivity index (χ4v) is 1.70. The van der Waals surface area contributed by atoms with Gasteiger partial charge in [0, 0.05) is 5.69 Å². The highest BCUT2D eigenvalue weighted by molar-refractivity contribution is 5.72. The van der Waals surface area contributed by atoms with E-state index in [1.165, 1.54) is 5.56 Å². The average molecular weight is 255 g/mol. The van der Waals surface area contributed by atoms with E-state index in [9.17, 15) is 4.79 Å². The molecule has 0 fully saturated rings. The second kappa shape index (κ2) is 6.05.